The van der Waals surface area contributed by atoms with Crippen molar-refractivity contribution in [1.29, 1.82) is 0 Å². The van der Waals surface area contributed by atoms with E-state index in [2.05, 4.69) is 5.32 Å². The summed E-state index contributed by atoms with van der Waals surface area (Å²) in [5, 5.41) is 11.5. The molecule has 0 saturated carbocycles. The number of amides is 2. The normalized spacial score (nSPS) is 12.2. The van der Waals surface area contributed by atoms with Crippen LogP contribution in [-0.2, 0) is 14.3 Å². The summed E-state index contributed by atoms with van der Waals surface area (Å²) in [4.78, 5) is 24.7. The van der Waals surface area contributed by atoms with Crippen molar-refractivity contribution in [2.45, 2.75) is 38.8 Å². The molecule has 0 radical (unpaired) electrons. The van der Waals surface area contributed by atoms with Gasteiger partial charge in [0.25, 0.3) is 0 Å². The van der Waals surface area contributed by atoms with E-state index in [0.29, 0.717) is 13.2 Å². The third kappa shape index (κ3) is 6.21. The number of carboxylic acid groups (broad SMARTS) is 1. The number of carbonyl (C=O) groups excluding carboxylic acids is 1. The molecular weight excluding hydrogens is 264 g/mol. The topological polar surface area (TPSA) is 88.1 Å². The highest BCUT2D eigenvalue weighted by Gasteiger charge is 2.23. The quantitative estimate of drug-likeness (QED) is 0.625. The van der Waals surface area contributed by atoms with E-state index in [1.165, 1.54) is 7.11 Å². The first-order chi connectivity index (χ1) is 9.51. The first-order valence-corrected chi connectivity index (χ1v) is 6.80. The summed E-state index contributed by atoms with van der Waals surface area (Å²) in [5.41, 5.74) is 0. The lowest BCUT2D eigenvalue weighted by Crippen LogP contribution is -2.49. The molecule has 0 aromatic carbocycles. The van der Waals surface area contributed by atoms with Crippen LogP contribution in [0.25, 0.3) is 0 Å². The SMILES string of the molecule is CCC(CC)N(CCOC)C(=O)NCC(OC)C(=O)O. The number of methoxy groups -OCH3 is 2. The van der Waals surface area contributed by atoms with Gasteiger partial charge < -0.3 is 24.8 Å². The molecule has 0 fully saturated rings. The Bertz CT molecular complexity index is 294. The summed E-state index contributed by atoms with van der Waals surface area (Å²) in [7, 11) is 2.88. The fourth-order valence-corrected chi connectivity index (χ4v) is 1.92. The molecule has 2 amide bonds. The van der Waals surface area contributed by atoms with E-state index in [1.54, 1.807) is 12.0 Å². The van der Waals surface area contributed by atoms with E-state index in [-0.39, 0.29) is 18.6 Å². The molecule has 1 unspecified atom stereocenters. The summed E-state index contributed by atoms with van der Waals surface area (Å²) in [6, 6.07) is -0.185. The lowest BCUT2D eigenvalue weighted by atomic mass is 10.1. The van der Waals surface area contributed by atoms with Gasteiger partial charge in [0.05, 0.1) is 13.2 Å². The maximum Gasteiger partial charge on any atom is 0.334 e. The summed E-state index contributed by atoms with van der Waals surface area (Å²) >= 11 is 0. The lowest BCUT2D eigenvalue weighted by Gasteiger charge is -2.30. The minimum absolute atomic E-state index is 0.0612. The fraction of sp³-hybridized carbons (Fsp3) is 0.846. The van der Waals surface area contributed by atoms with Gasteiger partial charge in [-0.15, -0.1) is 0 Å². The zero-order valence-corrected chi connectivity index (χ0v) is 12.7. The maximum absolute atomic E-state index is 12.2. The Kier molecular flexibility index (Phi) is 9.75. The van der Waals surface area contributed by atoms with Gasteiger partial charge in [-0.3, -0.25) is 0 Å². The Balaban J connectivity index is 4.57. The molecule has 7 nitrogen and oxygen atoms in total. The molecule has 0 aromatic rings. The average molecular weight is 290 g/mol. The summed E-state index contributed by atoms with van der Waals surface area (Å²) in [6.45, 7) is 4.87. The third-order valence-corrected chi connectivity index (χ3v) is 3.18. The van der Waals surface area contributed by atoms with E-state index in [1.807, 2.05) is 13.8 Å². The van der Waals surface area contributed by atoms with E-state index in [0.717, 1.165) is 12.8 Å². The van der Waals surface area contributed by atoms with Crippen LogP contribution in [0.4, 0.5) is 4.79 Å². The second kappa shape index (κ2) is 10.4. The van der Waals surface area contributed by atoms with Crippen LogP contribution in [0.3, 0.4) is 0 Å². The molecule has 0 saturated heterocycles. The number of hydrogen-bond acceptors (Lipinski definition) is 4. The predicted octanol–water partition coefficient (Wildman–Crippen LogP) is 0.933. The molecule has 20 heavy (non-hydrogen) atoms. The molecule has 0 aliphatic rings. The van der Waals surface area contributed by atoms with Crippen molar-refractivity contribution in [1.82, 2.24) is 10.2 Å². The number of carboxylic acids is 1. The molecule has 1 atom stereocenters. The Morgan fingerprint density at radius 2 is 1.85 bits per heavy atom. The first kappa shape index (κ1) is 18.7. The fourth-order valence-electron chi connectivity index (χ4n) is 1.92. The van der Waals surface area contributed by atoms with Crippen molar-refractivity contribution < 1.29 is 24.2 Å². The monoisotopic (exact) mass is 290 g/mol. The van der Waals surface area contributed by atoms with E-state index >= 15 is 0 Å². The molecule has 0 heterocycles. The average Bonchev–Trinajstić information content (AvgIpc) is 2.43. The molecule has 0 spiro atoms. The molecule has 0 aliphatic carbocycles. The van der Waals surface area contributed by atoms with Crippen molar-refractivity contribution in [2.24, 2.45) is 0 Å². The maximum atomic E-state index is 12.2. The van der Waals surface area contributed by atoms with Gasteiger partial charge in [0, 0.05) is 26.8 Å². The van der Waals surface area contributed by atoms with Crippen molar-refractivity contribution in [3.05, 3.63) is 0 Å². The number of aliphatic carboxylic acids is 1. The zero-order valence-electron chi connectivity index (χ0n) is 12.7. The van der Waals surface area contributed by atoms with Gasteiger partial charge in [0.1, 0.15) is 0 Å². The molecule has 118 valence electrons. The van der Waals surface area contributed by atoms with Gasteiger partial charge in [-0.05, 0) is 12.8 Å². The molecule has 0 bridgehead atoms. The van der Waals surface area contributed by atoms with Gasteiger partial charge in [0.15, 0.2) is 6.10 Å². The minimum atomic E-state index is -1.10. The standard InChI is InChI=1S/C13H26N2O5/c1-5-10(6-2)15(7-8-19-3)13(18)14-9-11(20-4)12(16)17/h10-11H,5-9H2,1-4H3,(H,14,18)(H,16,17). The molecule has 0 aromatic heterocycles. The Labute approximate surface area is 120 Å². The van der Waals surface area contributed by atoms with Crippen molar-refractivity contribution >= 4 is 12.0 Å². The number of ether oxygens (including phenoxy) is 2. The van der Waals surface area contributed by atoms with Crippen LogP contribution in [0.2, 0.25) is 0 Å². The van der Waals surface area contributed by atoms with Gasteiger partial charge in [-0.2, -0.15) is 0 Å². The van der Waals surface area contributed by atoms with Crippen LogP contribution in [0.15, 0.2) is 0 Å². The van der Waals surface area contributed by atoms with Crippen LogP contribution < -0.4 is 5.32 Å². The summed E-state index contributed by atoms with van der Waals surface area (Å²) < 4.78 is 9.78. The van der Waals surface area contributed by atoms with Gasteiger partial charge >= 0.3 is 12.0 Å². The molecule has 0 aliphatic heterocycles. The Morgan fingerprint density at radius 1 is 1.25 bits per heavy atom. The zero-order chi connectivity index (χ0) is 15.5. The minimum Gasteiger partial charge on any atom is -0.479 e. The predicted molar refractivity (Wildman–Crippen MR) is 74.8 cm³/mol. The molecular formula is C13H26N2O5. The van der Waals surface area contributed by atoms with E-state index < -0.39 is 12.1 Å². The van der Waals surface area contributed by atoms with Crippen molar-refractivity contribution in [2.75, 3.05) is 33.9 Å². The van der Waals surface area contributed by atoms with E-state index in [9.17, 15) is 9.59 Å². The van der Waals surface area contributed by atoms with Crippen LogP contribution >= 0.6 is 0 Å². The summed E-state index contributed by atoms with van der Waals surface area (Å²) in [5.74, 6) is -1.10. The highest BCUT2D eigenvalue weighted by atomic mass is 16.5. The number of hydrogen-bond donors (Lipinski definition) is 2. The summed E-state index contributed by atoms with van der Waals surface area (Å²) in [6.07, 6.45) is 0.630. The Hall–Kier alpha value is -1.34. The van der Waals surface area contributed by atoms with E-state index in [4.69, 9.17) is 14.6 Å². The van der Waals surface area contributed by atoms with Gasteiger partial charge in [-0.25, -0.2) is 9.59 Å². The molecule has 7 heteroatoms. The highest BCUT2D eigenvalue weighted by Crippen LogP contribution is 2.08. The highest BCUT2D eigenvalue weighted by molar-refractivity contribution is 5.77. The Morgan fingerprint density at radius 3 is 2.25 bits per heavy atom. The second-order valence-electron chi connectivity index (χ2n) is 4.41. The lowest BCUT2D eigenvalue weighted by molar-refractivity contribution is -0.148. The molecule has 0 rings (SSSR count). The van der Waals surface area contributed by atoms with Crippen LogP contribution in [0.1, 0.15) is 26.7 Å². The number of rotatable bonds is 10. The largest absolute Gasteiger partial charge is 0.479 e. The first-order valence-electron chi connectivity index (χ1n) is 6.80. The van der Waals surface area contributed by atoms with Crippen LogP contribution in [0, 0.1) is 0 Å². The molecule has 2 N–H and O–H groups in total. The van der Waals surface area contributed by atoms with Crippen LogP contribution in [0.5, 0.6) is 0 Å². The van der Waals surface area contributed by atoms with Crippen LogP contribution in [-0.4, -0.2) is 68.1 Å². The second-order valence-corrected chi connectivity index (χ2v) is 4.41. The number of urea groups is 1. The van der Waals surface area contributed by atoms with Crippen molar-refractivity contribution in [3.63, 3.8) is 0 Å². The van der Waals surface area contributed by atoms with Gasteiger partial charge in [-0.1, -0.05) is 13.8 Å². The number of nitrogens with one attached hydrogen (secondary N) is 1. The third-order valence-electron chi connectivity index (χ3n) is 3.18. The number of nitrogens with zero attached hydrogens (tertiary/aromatic N) is 1. The van der Waals surface area contributed by atoms with Crippen molar-refractivity contribution in [3.8, 4) is 0 Å². The smallest absolute Gasteiger partial charge is 0.334 e. The number of carbonyl (C=O) groups is 2. The van der Waals surface area contributed by atoms with Gasteiger partial charge in [0.2, 0.25) is 0 Å².